The molecule has 0 fully saturated rings. The first-order valence-electron chi connectivity index (χ1n) is 4.23. The van der Waals surface area contributed by atoms with Gasteiger partial charge in [-0.25, -0.2) is 0 Å². The molecule has 14 heavy (non-hydrogen) atoms. The highest BCUT2D eigenvalue weighted by Crippen LogP contribution is 2.33. The Kier molecular flexibility index (Phi) is 4.08. The summed E-state index contributed by atoms with van der Waals surface area (Å²) in [6.45, 7) is 3.89. The minimum absolute atomic E-state index is 0.568. The Morgan fingerprint density at radius 3 is 2.00 bits per heavy atom. The van der Waals surface area contributed by atoms with Gasteiger partial charge in [0, 0.05) is 4.66 Å². The molecule has 0 amide bonds. The average molecular weight is 266 g/mol. The Morgan fingerprint density at radius 2 is 1.57 bits per heavy atom. The molecule has 0 nitrogen and oxygen atoms in total. The molecule has 0 aliphatic carbocycles. The lowest BCUT2D eigenvalue weighted by Gasteiger charge is -2.13. The van der Waals surface area contributed by atoms with Gasteiger partial charge in [-0.1, -0.05) is 66.6 Å². The van der Waals surface area contributed by atoms with Gasteiger partial charge in [0.2, 0.25) is 0 Å². The van der Waals surface area contributed by atoms with Crippen LogP contribution in [0.5, 0.6) is 0 Å². The first-order chi connectivity index (χ1) is 6.43. The average Bonchev–Trinajstić information content (AvgIpc) is 2.15. The third kappa shape index (κ3) is 3.02. The largest absolute Gasteiger partial charge is 0.195 e. The van der Waals surface area contributed by atoms with Gasteiger partial charge in [-0.3, -0.25) is 0 Å². The van der Waals surface area contributed by atoms with E-state index in [9.17, 15) is 0 Å². The summed E-state index contributed by atoms with van der Waals surface area (Å²) in [7, 11) is -2.02. The maximum atomic E-state index is 6.19. The van der Waals surface area contributed by atoms with Crippen molar-refractivity contribution >= 4 is 46.7 Å². The van der Waals surface area contributed by atoms with Crippen molar-refractivity contribution in [3.63, 3.8) is 0 Å². The fourth-order valence-corrected chi connectivity index (χ4v) is 3.01. The van der Waals surface area contributed by atoms with E-state index in [1.807, 2.05) is 43.4 Å². The van der Waals surface area contributed by atoms with Crippen LogP contribution in [-0.2, 0) is 0 Å². The second-order valence-electron chi connectivity index (χ2n) is 3.47. The zero-order chi connectivity index (χ0) is 10.8. The third-order valence-corrected chi connectivity index (χ3v) is 6.16. The van der Waals surface area contributed by atoms with Crippen LogP contribution in [0.4, 0.5) is 0 Å². The highest BCUT2D eigenvalue weighted by Gasteiger charge is 2.25. The Morgan fingerprint density at radius 1 is 1.07 bits per heavy atom. The van der Waals surface area contributed by atoms with E-state index < -0.39 is 7.38 Å². The van der Waals surface area contributed by atoms with Crippen molar-refractivity contribution in [1.82, 2.24) is 0 Å². The zero-order valence-electron chi connectivity index (χ0n) is 8.02. The summed E-state index contributed by atoms with van der Waals surface area (Å²) >= 11 is 18.5. The molecular formula is C10H11Cl3Si. The van der Waals surface area contributed by atoms with E-state index in [0.717, 1.165) is 5.56 Å². The van der Waals surface area contributed by atoms with E-state index in [1.165, 1.54) is 0 Å². The molecule has 0 saturated carbocycles. The molecular weight excluding hydrogens is 255 g/mol. The molecule has 0 unspecified atom stereocenters. The van der Waals surface area contributed by atoms with Gasteiger partial charge in [0.25, 0.3) is 0 Å². The lowest BCUT2D eigenvalue weighted by molar-refractivity contribution is 1.65. The molecule has 4 heteroatoms. The number of halogens is 3. The van der Waals surface area contributed by atoms with Crippen LogP contribution < -0.4 is 0 Å². The van der Waals surface area contributed by atoms with Gasteiger partial charge in [0.05, 0.1) is 5.03 Å². The van der Waals surface area contributed by atoms with Crippen LogP contribution in [0.2, 0.25) is 13.1 Å². The summed E-state index contributed by atoms with van der Waals surface area (Å²) in [5, 5.41) is 0.568. The highest BCUT2D eigenvalue weighted by atomic mass is 35.6. The highest BCUT2D eigenvalue weighted by molar-refractivity contribution is 7.26. The maximum Gasteiger partial charge on any atom is 0.195 e. The lowest BCUT2D eigenvalue weighted by Crippen LogP contribution is -2.17. The van der Waals surface area contributed by atoms with Crippen LogP contribution in [0.15, 0.2) is 35.0 Å². The van der Waals surface area contributed by atoms with Crippen LogP contribution in [0, 0.1) is 0 Å². The molecule has 0 saturated heterocycles. The van der Waals surface area contributed by atoms with Crippen molar-refractivity contribution in [1.29, 1.82) is 0 Å². The number of rotatable bonds is 2. The SMILES string of the molecule is C[Si](C)(Cl)C(Cl)=C(Cl)c1ccccc1. The molecule has 0 spiro atoms. The quantitative estimate of drug-likeness (QED) is 0.531. The van der Waals surface area contributed by atoms with Gasteiger partial charge >= 0.3 is 0 Å². The number of hydrogen-bond donors (Lipinski definition) is 0. The second-order valence-corrected chi connectivity index (χ2v) is 10.8. The Hall–Kier alpha value is 0.0469. The van der Waals surface area contributed by atoms with Crippen LogP contribution in [-0.4, -0.2) is 7.38 Å². The normalized spacial score (nSPS) is 13.8. The summed E-state index contributed by atoms with van der Waals surface area (Å²) < 4.78 is 0.604. The molecule has 76 valence electrons. The summed E-state index contributed by atoms with van der Waals surface area (Å²) in [5.74, 6) is 0. The molecule has 0 heterocycles. The fraction of sp³-hybridized carbons (Fsp3) is 0.200. The monoisotopic (exact) mass is 264 g/mol. The van der Waals surface area contributed by atoms with Crippen molar-refractivity contribution < 1.29 is 0 Å². The van der Waals surface area contributed by atoms with E-state index in [1.54, 1.807) is 0 Å². The van der Waals surface area contributed by atoms with Crippen molar-refractivity contribution in [2.75, 3.05) is 0 Å². The molecule has 0 aliphatic heterocycles. The summed E-state index contributed by atoms with van der Waals surface area (Å²) in [4.78, 5) is 0. The van der Waals surface area contributed by atoms with Crippen molar-refractivity contribution in [3.8, 4) is 0 Å². The van der Waals surface area contributed by atoms with E-state index in [0.29, 0.717) is 9.69 Å². The molecule has 1 aromatic rings. The van der Waals surface area contributed by atoms with Crippen LogP contribution >= 0.6 is 34.3 Å². The zero-order valence-corrected chi connectivity index (χ0v) is 11.3. The van der Waals surface area contributed by atoms with Gasteiger partial charge in [-0.05, 0) is 5.56 Å². The van der Waals surface area contributed by atoms with Crippen molar-refractivity contribution in [3.05, 3.63) is 40.6 Å². The standard InChI is InChI=1S/C10H11Cl3Si/c1-14(2,13)10(12)9(11)8-6-4-3-5-7-8/h3-7H,1-2H3. The van der Waals surface area contributed by atoms with Crippen LogP contribution in [0.25, 0.3) is 5.03 Å². The molecule has 1 aromatic carbocycles. The summed E-state index contributed by atoms with van der Waals surface area (Å²) in [6, 6.07) is 9.61. The third-order valence-electron chi connectivity index (χ3n) is 1.74. The van der Waals surface area contributed by atoms with Gasteiger partial charge in [-0.2, -0.15) is 11.1 Å². The minimum Gasteiger partial charge on any atom is -0.160 e. The lowest BCUT2D eigenvalue weighted by atomic mass is 10.2. The Labute approximate surface area is 100 Å². The number of benzene rings is 1. The van der Waals surface area contributed by atoms with Gasteiger partial charge in [0.15, 0.2) is 7.38 Å². The van der Waals surface area contributed by atoms with Crippen molar-refractivity contribution in [2.24, 2.45) is 0 Å². The topological polar surface area (TPSA) is 0 Å². The van der Waals surface area contributed by atoms with Gasteiger partial charge < -0.3 is 0 Å². The predicted molar refractivity (Wildman–Crippen MR) is 68.4 cm³/mol. The minimum atomic E-state index is -2.02. The van der Waals surface area contributed by atoms with Crippen molar-refractivity contribution in [2.45, 2.75) is 13.1 Å². The summed E-state index contributed by atoms with van der Waals surface area (Å²) in [6.07, 6.45) is 0. The molecule has 0 radical (unpaired) electrons. The van der Waals surface area contributed by atoms with Gasteiger partial charge in [0.1, 0.15) is 0 Å². The predicted octanol–water partition coefficient (Wildman–Crippen LogP) is 4.82. The smallest absolute Gasteiger partial charge is 0.160 e. The molecule has 0 bridgehead atoms. The van der Waals surface area contributed by atoms with E-state index >= 15 is 0 Å². The van der Waals surface area contributed by atoms with Crippen LogP contribution in [0.1, 0.15) is 5.56 Å². The van der Waals surface area contributed by atoms with E-state index in [4.69, 9.17) is 34.3 Å². The Bertz CT molecular complexity index is 338. The molecule has 0 aliphatic rings. The fourth-order valence-electron chi connectivity index (χ4n) is 0.972. The molecule has 1 rings (SSSR count). The molecule has 0 N–H and O–H groups in total. The molecule has 0 aromatic heterocycles. The first kappa shape index (κ1) is 12.1. The van der Waals surface area contributed by atoms with E-state index in [-0.39, 0.29) is 0 Å². The van der Waals surface area contributed by atoms with Crippen LogP contribution in [0.3, 0.4) is 0 Å². The number of hydrogen-bond acceptors (Lipinski definition) is 0. The maximum absolute atomic E-state index is 6.19. The molecule has 0 atom stereocenters. The second kappa shape index (κ2) is 4.71. The Balaban J connectivity index is 3.12. The summed E-state index contributed by atoms with van der Waals surface area (Å²) in [5.41, 5.74) is 0.917. The first-order valence-corrected chi connectivity index (χ1v) is 9.00. The van der Waals surface area contributed by atoms with Gasteiger partial charge in [-0.15, -0.1) is 0 Å². The van der Waals surface area contributed by atoms with E-state index in [2.05, 4.69) is 0 Å².